The van der Waals surface area contributed by atoms with E-state index in [-0.39, 0.29) is 17.5 Å². The Hall–Kier alpha value is -1.57. The van der Waals surface area contributed by atoms with Crippen LogP contribution in [0.3, 0.4) is 0 Å². The molecule has 0 bridgehead atoms. The van der Waals surface area contributed by atoms with Crippen LogP contribution in [0, 0.1) is 13.8 Å². The number of sulfone groups is 1. The van der Waals surface area contributed by atoms with Gasteiger partial charge in [0.05, 0.1) is 29.8 Å². The van der Waals surface area contributed by atoms with Crippen LogP contribution >= 0.6 is 0 Å². The molecule has 1 aromatic rings. The molecule has 1 amide bonds. The van der Waals surface area contributed by atoms with Gasteiger partial charge in [-0.1, -0.05) is 0 Å². The molecule has 0 spiro atoms. The molecule has 1 fully saturated rings. The van der Waals surface area contributed by atoms with Gasteiger partial charge in [-0.25, -0.2) is 13.2 Å². The highest BCUT2D eigenvalue weighted by Crippen LogP contribution is 2.26. The molecule has 0 saturated carbocycles. The Morgan fingerprint density at radius 3 is 2.76 bits per heavy atom. The van der Waals surface area contributed by atoms with Crippen molar-refractivity contribution in [1.29, 1.82) is 0 Å². The number of carbonyl (C=O) groups is 1. The standard InChI is InChI=1S/C13H21N3O4S/c1-4-20-13(17)14-7-12-9(2)15-16(10(12)3)11-5-6-21(18,19)8-11/h11H,4-8H2,1-3H3,(H,14,17)/t11-/m1/s1. The second-order valence-electron chi connectivity index (χ2n) is 5.22. The molecule has 0 radical (unpaired) electrons. The average molecular weight is 315 g/mol. The van der Waals surface area contributed by atoms with Crippen molar-refractivity contribution in [3.05, 3.63) is 17.0 Å². The summed E-state index contributed by atoms with van der Waals surface area (Å²) >= 11 is 0. The molecule has 2 rings (SSSR count). The number of aryl methyl sites for hydroxylation is 1. The third kappa shape index (κ3) is 3.55. The molecule has 1 atom stereocenters. The van der Waals surface area contributed by atoms with Crippen molar-refractivity contribution in [1.82, 2.24) is 15.1 Å². The fourth-order valence-electron chi connectivity index (χ4n) is 2.62. The lowest BCUT2D eigenvalue weighted by Crippen LogP contribution is -2.24. The van der Waals surface area contributed by atoms with Crippen LogP contribution in [0.1, 0.15) is 36.3 Å². The predicted molar refractivity (Wildman–Crippen MR) is 77.9 cm³/mol. The van der Waals surface area contributed by atoms with E-state index in [1.54, 1.807) is 11.6 Å². The van der Waals surface area contributed by atoms with Crippen LogP contribution in [0.2, 0.25) is 0 Å². The maximum atomic E-state index is 11.6. The van der Waals surface area contributed by atoms with E-state index in [1.807, 2.05) is 13.8 Å². The normalized spacial score (nSPS) is 20.4. The topological polar surface area (TPSA) is 90.3 Å². The van der Waals surface area contributed by atoms with E-state index >= 15 is 0 Å². The van der Waals surface area contributed by atoms with Crippen molar-refractivity contribution in [2.24, 2.45) is 0 Å². The fraction of sp³-hybridized carbons (Fsp3) is 0.692. The van der Waals surface area contributed by atoms with E-state index in [0.717, 1.165) is 17.0 Å². The van der Waals surface area contributed by atoms with Crippen LogP contribution in [-0.2, 0) is 21.1 Å². The summed E-state index contributed by atoms with van der Waals surface area (Å²) in [4.78, 5) is 11.3. The number of carbonyl (C=O) groups excluding carboxylic acids is 1. The Morgan fingerprint density at radius 1 is 1.48 bits per heavy atom. The first-order valence-electron chi connectivity index (χ1n) is 6.99. The molecule has 1 aliphatic heterocycles. The van der Waals surface area contributed by atoms with Gasteiger partial charge in [0.1, 0.15) is 0 Å². The monoisotopic (exact) mass is 315 g/mol. The molecule has 21 heavy (non-hydrogen) atoms. The van der Waals surface area contributed by atoms with E-state index in [4.69, 9.17) is 4.74 Å². The second-order valence-corrected chi connectivity index (χ2v) is 7.45. The third-order valence-corrected chi connectivity index (χ3v) is 5.46. The summed E-state index contributed by atoms with van der Waals surface area (Å²) in [5.74, 6) is 0.353. The number of aromatic nitrogens is 2. The van der Waals surface area contributed by atoms with E-state index in [2.05, 4.69) is 10.4 Å². The van der Waals surface area contributed by atoms with Gasteiger partial charge in [0, 0.05) is 17.8 Å². The van der Waals surface area contributed by atoms with Crippen LogP contribution in [-0.4, -0.2) is 42.4 Å². The van der Waals surface area contributed by atoms with Gasteiger partial charge in [0.25, 0.3) is 0 Å². The summed E-state index contributed by atoms with van der Waals surface area (Å²) in [5.41, 5.74) is 2.60. The number of nitrogens with zero attached hydrogens (tertiary/aromatic N) is 2. The summed E-state index contributed by atoms with van der Waals surface area (Å²) in [5, 5.41) is 7.11. The zero-order chi connectivity index (χ0) is 15.6. The van der Waals surface area contributed by atoms with Crippen molar-refractivity contribution in [2.45, 2.75) is 39.8 Å². The fourth-order valence-corrected chi connectivity index (χ4v) is 4.31. The maximum Gasteiger partial charge on any atom is 0.407 e. The lowest BCUT2D eigenvalue weighted by molar-refractivity contribution is 0.151. The molecule has 1 aliphatic rings. The number of nitrogens with one attached hydrogen (secondary N) is 1. The maximum absolute atomic E-state index is 11.6. The Bertz CT molecular complexity index is 636. The Labute approximate surface area is 124 Å². The number of rotatable bonds is 4. The molecule has 7 nitrogen and oxygen atoms in total. The van der Waals surface area contributed by atoms with E-state index < -0.39 is 15.9 Å². The summed E-state index contributed by atoms with van der Waals surface area (Å²) in [6.45, 7) is 6.15. The molecule has 1 N–H and O–H groups in total. The van der Waals surface area contributed by atoms with Crippen molar-refractivity contribution in [3.8, 4) is 0 Å². The van der Waals surface area contributed by atoms with E-state index in [0.29, 0.717) is 19.6 Å². The number of hydrogen-bond acceptors (Lipinski definition) is 5. The van der Waals surface area contributed by atoms with E-state index in [9.17, 15) is 13.2 Å². The zero-order valence-corrected chi connectivity index (χ0v) is 13.4. The summed E-state index contributed by atoms with van der Waals surface area (Å²) in [7, 11) is -2.95. The minimum Gasteiger partial charge on any atom is -0.450 e. The average Bonchev–Trinajstić information content (AvgIpc) is 2.88. The van der Waals surface area contributed by atoms with Crippen molar-refractivity contribution in [3.63, 3.8) is 0 Å². The van der Waals surface area contributed by atoms with Gasteiger partial charge in [-0.2, -0.15) is 5.10 Å². The molecular weight excluding hydrogens is 294 g/mol. The zero-order valence-electron chi connectivity index (χ0n) is 12.5. The quantitative estimate of drug-likeness (QED) is 0.898. The van der Waals surface area contributed by atoms with Crippen molar-refractivity contribution in [2.75, 3.05) is 18.1 Å². The SMILES string of the molecule is CCOC(=O)NCc1c(C)nn([C@@H]2CCS(=O)(=O)C2)c1C. The molecule has 1 aromatic heterocycles. The Kier molecular flexibility index (Phi) is 4.55. The molecule has 1 saturated heterocycles. The van der Waals surface area contributed by atoms with E-state index in [1.165, 1.54) is 0 Å². The molecule has 2 heterocycles. The van der Waals surface area contributed by atoms with Crippen LogP contribution in [0.4, 0.5) is 4.79 Å². The smallest absolute Gasteiger partial charge is 0.407 e. The summed E-state index contributed by atoms with van der Waals surface area (Å²) in [6, 6.07) is -0.106. The molecule has 118 valence electrons. The van der Waals surface area contributed by atoms with Gasteiger partial charge >= 0.3 is 6.09 Å². The van der Waals surface area contributed by atoms with Crippen molar-refractivity contribution < 1.29 is 17.9 Å². The molecular formula is C13H21N3O4S. The Morgan fingerprint density at radius 2 is 2.19 bits per heavy atom. The second kappa shape index (κ2) is 6.05. The number of alkyl carbamates (subject to hydrolysis) is 1. The third-order valence-electron chi connectivity index (χ3n) is 3.71. The van der Waals surface area contributed by atoms with Gasteiger partial charge in [0.2, 0.25) is 0 Å². The lowest BCUT2D eigenvalue weighted by atomic mass is 10.2. The largest absolute Gasteiger partial charge is 0.450 e. The summed E-state index contributed by atoms with van der Waals surface area (Å²) in [6.07, 6.45) is 0.127. The highest BCUT2D eigenvalue weighted by atomic mass is 32.2. The first-order chi connectivity index (χ1) is 9.84. The molecule has 8 heteroatoms. The van der Waals surface area contributed by atoms with Gasteiger partial charge in [-0.05, 0) is 27.2 Å². The van der Waals surface area contributed by atoms with Crippen molar-refractivity contribution >= 4 is 15.9 Å². The van der Waals surface area contributed by atoms with Gasteiger partial charge in [-0.3, -0.25) is 4.68 Å². The lowest BCUT2D eigenvalue weighted by Gasteiger charge is -2.11. The highest BCUT2D eigenvalue weighted by molar-refractivity contribution is 7.91. The number of ether oxygens (including phenoxy) is 1. The first kappa shape index (κ1) is 15.8. The highest BCUT2D eigenvalue weighted by Gasteiger charge is 2.31. The van der Waals surface area contributed by atoms with Crippen LogP contribution < -0.4 is 5.32 Å². The molecule has 0 unspecified atom stereocenters. The molecule has 0 aromatic carbocycles. The Balaban J connectivity index is 2.13. The first-order valence-corrected chi connectivity index (χ1v) is 8.82. The number of hydrogen-bond donors (Lipinski definition) is 1. The van der Waals surface area contributed by atoms with Gasteiger partial charge < -0.3 is 10.1 Å². The van der Waals surface area contributed by atoms with Gasteiger partial charge in [-0.15, -0.1) is 0 Å². The molecule has 0 aliphatic carbocycles. The van der Waals surface area contributed by atoms with Crippen LogP contribution in [0.25, 0.3) is 0 Å². The predicted octanol–water partition coefficient (Wildman–Crippen LogP) is 1.11. The minimum absolute atomic E-state index is 0.106. The van der Waals surface area contributed by atoms with Gasteiger partial charge in [0.15, 0.2) is 9.84 Å². The summed E-state index contributed by atoms with van der Waals surface area (Å²) < 4.78 is 29.8. The minimum atomic E-state index is -2.95. The number of amides is 1. The van der Waals surface area contributed by atoms with Crippen LogP contribution in [0.15, 0.2) is 0 Å². The van der Waals surface area contributed by atoms with Crippen LogP contribution in [0.5, 0.6) is 0 Å².